The van der Waals surface area contributed by atoms with Crippen molar-refractivity contribution in [3.8, 4) is 17.2 Å². The Morgan fingerprint density at radius 3 is 1.97 bits per heavy atom. The second kappa shape index (κ2) is 11.1. The highest BCUT2D eigenvalue weighted by atomic mass is 16.5. The molecule has 0 spiro atoms. The van der Waals surface area contributed by atoms with E-state index in [1.165, 1.54) is 24.9 Å². The maximum atomic E-state index is 5.62. The van der Waals surface area contributed by atoms with Gasteiger partial charge >= 0.3 is 0 Å². The van der Waals surface area contributed by atoms with Crippen molar-refractivity contribution in [1.82, 2.24) is 9.80 Å². The molecule has 5 heteroatoms. The molecule has 1 aliphatic heterocycles. The van der Waals surface area contributed by atoms with Gasteiger partial charge in [0, 0.05) is 32.7 Å². The minimum Gasteiger partial charge on any atom is -0.493 e. The Hall–Kier alpha value is -2.24. The Bertz CT molecular complexity index is 743. The lowest BCUT2D eigenvalue weighted by Crippen LogP contribution is -2.47. The average molecular weight is 399 g/mol. The molecule has 0 unspecified atom stereocenters. The molecule has 158 valence electrons. The molecule has 29 heavy (non-hydrogen) atoms. The van der Waals surface area contributed by atoms with E-state index in [9.17, 15) is 0 Å². The summed E-state index contributed by atoms with van der Waals surface area (Å²) in [4.78, 5) is 5.14. The Kier molecular flexibility index (Phi) is 8.20. The monoisotopic (exact) mass is 398 g/mol. The topological polar surface area (TPSA) is 34.2 Å². The van der Waals surface area contributed by atoms with Crippen LogP contribution in [0.1, 0.15) is 17.5 Å². The molecule has 5 nitrogen and oxygen atoms in total. The highest BCUT2D eigenvalue weighted by Gasteiger charge is 2.19. The van der Waals surface area contributed by atoms with Crippen LogP contribution in [0, 0.1) is 0 Å². The zero-order valence-electron chi connectivity index (χ0n) is 18.0. The molecule has 2 aromatic rings. The normalized spacial score (nSPS) is 15.3. The summed E-state index contributed by atoms with van der Waals surface area (Å²) in [6.45, 7) is 6.77. The summed E-state index contributed by atoms with van der Waals surface area (Å²) in [6, 6.07) is 14.8. The summed E-state index contributed by atoms with van der Waals surface area (Å²) in [5, 5.41) is 0. The predicted octanol–water partition coefficient (Wildman–Crippen LogP) is 3.51. The molecule has 0 N–H and O–H groups in total. The average Bonchev–Trinajstić information content (AvgIpc) is 2.78. The number of aryl methyl sites for hydroxylation is 1. The highest BCUT2D eigenvalue weighted by molar-refractivity contribution is 5.55. The van der Waals surface area contributed by atoms with Crippen molar-refractivity contribution >= 4 is 0 Å². The molecule has 1 saturated heterocycles. The second-order valence-corrected chi connectivity index (χ2v) is 7.52. The number of methoxy groups -OCH3 is 3. The highest BCUT2D eigenvalue weighted by Crippen LogP contribution is 2.39. The molecule has 1 fully saturated rings. The van der Waals surface area contributed by atoms with Gasteiger partial charge in [0.05, 0.1) is 21.3 Å². The van der Waals surface area contributed by atoms with E-state index in [4.69, 9.17) is 14.2 Å². The second-order valence-electron chi connectivity index (χ2n) is 7.52. The van der Waals surface area contributed by atoms with Crippen LogP contribution in [0.4, 0.5) is 0 Å². The van der Waals surface area contributed by atoms with Gasteiger partial charge in [-0.25, -0.2) is 0 Å². The number of piperazine rings is 1. The number of ether oxygens (including phenoxy) is 3. The predicted molar refractivity (Wildman–Crippen MR) is 117 cm³/mol. The van der Waals surface area contributed by atoms with E-state index in [0.717, 1.165) is 50.5 Å². The first-order valence-corrected chi connectivity index (χ1v) is 10.5. The number of benzene rings is 2. The van der Waals surface area contributed by atoms with E-state index in [0.29, 0.717) is 11.5 Å². The van der Waals surface area contributed by atoms with Gasteiger partial charge < -0.3 is 24.0 Å². The van der Waals surface area contributed by atoms with E-state index in [-0.39, 0.29) is 0 Å². The Labute approximate surface area is 175 Å². The summed E-state index contributed by atoms with van der Waals surface area (Å²) in [5.74, 6) is 2.17. The lowest BCUT2D eigenvalue weighted by molar-refractivity contribution is 0.132. The fraction of sp³-hybridized carbons (Fsp3) is 0.500. The van der Waals surface area contributed by atoms with Gasteiger partial charge in [-0.15, -0.1) is 0 Å². The van der Waals surface area contributed by atoms with E-state index in [2.05, 4.69) is 46.2 Å². The van der Waals surface area contributed by atoms with Gasteiger partial charge in [-0.05, 0) is 43.0 Å². The maximum absolute atomic E-state index is 5.62. The first kappa shape index (κ1) is 21.5. The third-order valence-corrected chi connectivity index (χ3v) is 5.73. The summed E-state index contributed by atoms with van der Waals surface area (Å²) in [7, 11) is 4.99. The summed E-state index contributed by atoms with van der Waals surface area (Å²) in [5.41, 5.74) is 2.60. The third-order valence-electron chi connectivity index (χ3n) is 5.73. The van der Waals surface area contributed by atoms with Crippen LogP contribution < -0.4 is 14.2 Å². The van der Waals surface area contributed by atoms with Crippen LogP contribution in [-0.2, 0) is 12.8 Å². The third kappa shape index (κ3) is 5.87. The van der Waals surface area contributed by atoms with Crippen LogP contribution in [0.5, 0.6) is 17.2 Å². The molecule has 0 radical (unpaired) electrons. The minimum absolute atomic E-state index is 0.677. The number of hydrogen-bond acceptors (Lipinski definition) is 5. The molecule has 0 atom stereocenters. The van der Waals surface area contributed by atoms with E-state index < -0.39 is 0 Å². The maximum Gasteiger partial charge on any atom is 0.203 e. The quantitative estimate of drug-likeness (QED) is 0.612. The molecule has 0 aliphatic carbocycles. The van der Waals surface area contributed by atoms with E-state index in [1.807, 2.05) is 6.07 Å². The zero-order chi connectivity index (χ0) is 20.5. The molecule has 2 aromatic carbocycles. The fourth-order valence-corrected chi connectivity index (χ4v) is 4.03. The summed E-state index contributed by atoms with van der Waals surface area (Å²) in [6.07, 6.45) is 3.34. The SMILES string of the molecule is COc1ccc(CCN2CCN(CCCc3ccccc3)CC2)c(OC)c1OC. The number of hydrogen-bond donors (Lipinski definition) is 0. The van der Waals surface area contributed by atoms with E-state index >= 15 is 0 Å². The van der Waals surface area contributed by atoms with Crippen molar-refractivity contribution in [2.24, 2.45) is 0 Å². The van der Waals surface area contributed by atoms with Gasteiger partial charge in [-0.3, -0.25) is 0 Å². The first-order valence-electron chi connectivity index (χ1n) is 10.5. The van der Waals surface area contributed by atoms with Crippen LogP contribution in [0.15, 0.2) is 42.5 Å². The van der Waals surface area contributed by atoms with Gasteiger partial charge in [0.15, 0.2) is 11.5 Å². The Balaban J connectivity index is 1.43. The van der Waals surface area contributed by atoms with Gasteiger partial charge in [0.25, 0.3) is 0 Å². The van der Waals surface area contributed by atoms with Crippen LogP contribution in [0.3, 0.4) is 0 Å². The standard InChI is InChI=1S/C24H34N2O3/c1-27-22-12-11-21(23(28-2)24(22)29-3)13-15-26-18-16-25(17-19-26)14-7-10-20-8-5-4-6-9-20/h4-6,8-9,11-12H,7,10,13-19H2,1-3H3. The molecule has 1 heterocycles. The molecule has 0 bridgehead atoms. The first-order chi connectivity index (χ1) is 14.2. The zero-order valence-corrected chi connectivity index (χ0v) is 18.0. The summed E-state index contributed by atoms with van der Waals surface area (Å²) >= 11 is 0. The molecular formula is C24H34N2O3. The Morgan fingerprint density at radius 2 is 1.34 bits per heavy atom. The van der Waals surface area contributed by atoms with Crippen molar-refractivity contribution in [3.63, 3.8) is 0 Å². The number of rotatable bonds is 10. The van der Waals surface area contributed by atoms with Crippen molar-refractivity contribution < 1.29 is 14.2 Å². The molecule has 0 amide bonds. The van der Waals surface area contributed by atoms with Crippen molar-refractivity contribution in [2.45, 2.75) is 19.3 Å². The molecule has 3 rings (SSSR count). The smallest absolute Gasteiger partial charge is 0.203 e. The fourth-order valence-electron chi connectivity index (χ4n) is 4.03. The van der Waals surface area contributed by atoms with Gasteiger partial charge in [-0.1, -0.05) is 36.4 Å². The molecule has 0 aromatic heterocycles. The molecule has 1 aliphatic rings. The van der Waals surface area contributed by atoms with Gasteiger partial charge in [-0.2, -0.15) is 0 Å². The largest absolute Gasteiger partial charge is 0.493 e. The van der Waals surface area contributed by atoms with E-state index in [1.54, 1.807) is 21.3 Å². The van der Waals surface area contributed by atoms with Gasteiger partial charge in [0.1, 0.15) is 0 Å². The molecule has 0 saturated carbocycles. The lowest BCUT2D eigenvalue weighted by atomic mass is 10.1. The summed E-state index contributed by atoms with van der Waals surface area (Å²) < 4.78 is 16.5. The molecular weight excluding hydrogens is 364 g/mol. The van der Waals surface area contributed by atoms with Crippen LogP contribution in [-0.4, -0.2) is 70.4 Å². The lowest BCUT2D eigenvalue weighted by Gasteiger charge is -2.34. The van der Waals surface area contributed by atoms with Crippen molar-refractivity contribution in [1.29, 1.82) is 0 Å². The van der Waals surface area contributed by atoms with Crippen LogP contribution >= 0.6 is 0 Å². The minimum atomic E-state index is 0.677. The Morgan fingerprint density at radius 1 is 0.690 bits per heavy atom. The number of nitrogens with zero attached hydrogens (tertiary/aromatic N) is 2. The van der Waals surface area contributed by atoms with Crippen molar-refractivity contribution in [3.05, 3.63) is 53.6 Å². The van der Waals surface area contributed by atoms with Crippen molar-refractivity contribution in [2.75, 3.05) is 60.6 Å². The van der Waals surface area contributed by atoms with Crippen LogP contribution in [0.25, 0.3) is 0 Å². The van der Waals surface area contributed by atoms with Crippen LogP contribution in [0.2, 0.25) is 0 Å². The van der Waals surface area contributed by atoms with Gasteiger partial charge in [0.2, 0.25) is 5.75 Å².